The third-order valence-electron chi connectivity index (χ3n) is 3.91. The lowest BCUT2D eigenvalue weighted by atomic mass is 9.97. The molecule has 0 amide bonds. The van der Waals surface area contributed by atoms with E-state index in [-0.39, 0.29) is 12.4 Å². The van der Waals surface area contributed by atoms with Crippen molar-refractivity contribution in [2.75, 3.05) is 20.3 Å². The Balaban J connectivity index is 0.00000264. The van der Waals surface area contributed by atoms with Crippen LogP contribution in [-0.4, -0.2) is 20.3 Å². The highest BCUT2D eigenvalue weighted by atomic mass is 79.9. The molecule has 0 heterocycles. The van der Waals surface area contributed by atoms with Gasteiger partial charge in [-0.2, -0.15) is 0 Å². The highest BCUT2D eigenvalue weighted by molar-refractivity contribution is 9.10. The van der Waals surface area contributed by atoms with Gasteiger partial charge < -0.3 is 14.8 Å². The molecule has 0 saturated heterocycles. The van der Waals surface area contributed by atoms with Crippen molar-refractivity contribution in [1.82, 2.24) is 5.32 Å². The van der Waals surface area contributed by atoms with Crippen LogP contribution in [0, 0.1) is 0 Å². The third kappa shape index (κ3) is 6.36. The summed E-state index contributed by atoms with van der Waals surface area (Å²) in [5.41, 5.74) is 2.81. The van der Waals surface area contributed by atoms with Crippen LogP contribution < -0.4 is 14.8 Å². The summed E-state index contributed by atoms with van der Waals surface area (Å²) in [4.78, 5) is 0. The van der Waals surface area contributed by atoms with E-state index in [2.05, 4.69) is 33.4 Å². The number of rotatable bonds is 8. The SMILES string of the molecule is CCOc1c(Br)cc(CNCCC2=CCCCC2)cc1OC.Cl. The molecule has 1 aliphatic rings. The molecule has 0 spiro atoms. The summed E-state index contributed by atoms with van der Waals surface area (Å²) < 4.78 is 12.0. The van der Waals surface area contributed by atoms with Crippen molar-refractivity contribution in [2.45, 2.75) is 45.6 Å². The molecule has 0 fully saturated rings. The molecule has 0 atom stereocenters. The van der Waals surface area contributed by atoms with Crippen molar-refractivity contribution < 1.29 is 9.47 Å². The Kier molecular flexibility index (Phi) is 9.68. The topological polar surface area (TPSA) is 30.5 Å². The maximum Gasteiger partial charge on any atom is 0.175 e. The maximum absolute atomic E-state index is 5.62. The van der Waals surface area contributed by atoms with Gasteiger partial charge >= 0.3 is 0 Å². The Bertz CT molecular complexity index is 520. The summed E-state index contributed by atoms with van der Waals surface area (Å²) in [5.74, 6) is 1.56. The van der Waals surface area contributed by atoms with Crippen molar-refractivity contribution in [3.8, 4) is 11.5 Å². The molecule has 0 bridgehead atoms. The second-order valence-corrected chi connectivity index (χ2v) is 6.43. The first kappa shape index (κ1) is 20.3. The van der Waals surface area contributed by atoms with Gasteiger partial charge in [-0.25, -0.2) is 0 Å². The van der Waals surface area contributed by atoms with Crippen LogP contribution in [0.3, 0.4) is 0 Å². The standard InChI is InChI=1S/C18H26BrNO2.ClH/c1-3-22-18-16(19)11-15(12-17(18)21-2)13-20-10-9-14-7-5-4-6-8-14;/h7,11-12,20H,3-6,8-10,13H2,1-2H3;1H. The molecule has 1 aromatic carbocycles. The molecule has 3 nitrogen and oxygen atoms in total. The van der Waals surface area contributed by atoms with Gasteiger partial charge in [0.05, 0.1) is 18.2 Å². The minimum Gasteiger partial charge on any atom is -0.493 e. The van der Waals surface area contributed by atoms with Crippen molar-refractivity contribution in [3.05, 3.63) is 33.8 Å². The Morgan fingerprint density at radius 2 is 2.09 bits per heavy atom. The molecule has 0 aromatic heterocycles. The smallest absolute Gasteiger partial charge is 0.175 e. The minimum absolute atomic E-state index is 0. The lowest BCUT2D eigenvalue weighted by molar-refractivity contribution is 0.308. The van der Waals surface area contributed by atoms with Crippen molar-refractivity contribution in [1.29, 1.82) is 0 Å². The van der Waals surface area contributed by atoms with E-state index in [1.807, 2.05) is 13.0 Å². The van der Waals surface area contributed by atoms with Gasteiger partial charge in [-0.3, -0.25) is 0 Å². The van der Waals surface area contributed by atoms with E-state index < -0.39 is 0 Å². The first-order valence-corrected chi connectivity index (χ1v) is 8.91. The Labute approximate surface area is 154 Å². The molecular formula is C18H27BrClNO2. The molecule has 0 saturated carbocycles. The molecule has 1 aromatic rings. The normalized spacial score (nSPS) is 14.0. The number of halogens is 2. The van der Waals surface area contributed by atoms with E-state index in [9.17, 15) is 0 Å². The molecule has 23 heavy (non-hydrogen) atoms. The van der Waals surface area contributed by atoms with Crippen LogP contribution in [0.15, 0.2) is 28.3 Å². The zero-order valence-electron chi connectivity index (χ0n) is 14.0. The second kappa shape index (κ2) is 11.0. The summed E-state index contributed by atoms with van der Waals surface area (Å²) >= 11 is 3.57. The van der Waals surface area contributed by atoms with Crippen molar-refractivity contribution in [3.63, 3.8) is 0 Å². The first-order chi connectivity index (χ1) is 10.7. The highest BCUT2D eigenvalue weighted by Gasteiger charge is 2.11. The average Bonchev–Trinajstić information content (AvgIpc) is 2.55. The van der Waals surface area contributed by atoms with Gasteiger partial charge in [-0.15, -0.1) is 12.4 Å². The van der Waals surface area contributed by atoms with Crippen molar-refractivity contribution in [2.24, 2.45) is 0 Å². The zero-order chi connectivity index (χ0) is 15.8. The van der Waals surface area contributed by atoms with Crippen molar-refractivity contribution >= 4 is 28.3 Å². The number of nitrogens with one attached hydrogen (secondary N) is 1. The fraction of sp³-hybridized carbons (Fsp3) is 0.556. The number of benzene rings is 1. The van der Waals surface area contributed by atoms with Gasteiger partial charge in [0.2, 0.25) is 0 Å². The van der Waals surface area contributed by atoms with E-state index in [0.29, 0.717) is 6.61 Å². The van der Waals surface area contributed by atoms with Gasteiger partial charge in [0, 0.05) is 6.54 Å². The van der Waals surface area contributed by atoms with Gasteiger partial charge in [0.1, 0.15) is 0 Å². The molecule has 1 N–H and O–H groups in total. The van der Waals surface area contributed by atoms with Gasteiger partial charge in [0.15, 0.2) is 11.5 Å². The predicted octanol–water partition coefficient (Wildman–Crippen LogP) is 5.26. The van der Waals surface area contributed by atoms with Gasteiger partial charge in [-0.05, 0) is 79.2 Å². The van der Waals surface area contributed by atoms with Crippen LogP contribution in [0.5, 0.6) is 11.5 Å². The van der Waals surface area contributed by atoms with Crippen LogP contribution in [0.1, 0.15) is 44.6 Å². The quantitative estimate of drug-likeness (QED) is 0.473. The average molecular weight is 405 g/mol. The van der Waals surface area contributed by atoms with E-state index in [0.717, 1.165) is 35.5 Å². The maximum atomic E-state index is 5.62. The lowest BCUT2D eigenvalue weighted by Gasteiger charge is -2.15. The largest absolute Gasteiger partial charge is 0.493 e. The number of methoxy groups -OCH3 is 1. The highest BCUT2D eigenvalue weighted by Crippen LogP contribution is 2.36. The molecule has 0 radical (unpaired) electrons. The van der Waals surface area contributed by atoms with Crippen LogP contribution in [-0.2, 0) is 6.54 Å². The molecular weight excluding hydrogens is 378 g/mol. The number of hydrogen-bond donors (Lipinski definition) is 1. The predicted molar refractivity (Wildman–Crippen MR) is 102 cm³/mol. The van der Waals surface area contributed by atoms with E-state index in [4.69, 9.17) is 9.47 Å². The number of hydrogen-bond acceptors (Lipinski definition) is 3. The molecule has 1 aliphatic carbocycles. The van der Waals surface area contributed by atoms with E-state index in [1.54, 1.807) is 12.7 Å². The fourth-order valence-corrected chi connectivity index (χ4v) is 3.38. The third-order valence-corrected chi connectivity index (χ3v) is 4.50. The summed E-state index contributed by atoms with van der Waals surface area (Å²) in [6, 6.07) is 4.14. The summed E-state index contributed by atoms with van der Waals surface area (Å²) in [7, 11) is 1.68. The summed E-state index contributed by atoms with van der Waals surface area (Å²) in [6.07, 6.45) is 8.84. The van der Waals surface area contributed by atoms with E-state index >= 15 is 0 Å². The molecule has 2 rings (SSSR count). The zero-order valence-corrected chi connectivity index (χ0v) is 16.4. The van der Waals surface area contributed by atoms with Gasteiger partial charge in [0.25, 0.3) is 0 Å². The van der Waals surface area contributed by atoms with Gasteiger partial charge in [-0.1, -0.05) is 11.6 Å². The molecule has 130 valence electrons. The lowest BCUT2D eigenvalue weighted by Crippen LogP contribution is -2.16. The number of ether oxygens (including phenoxy) is 2. The Morgan fingerprint density at radius 3 is 2.74 bits per heavy atom. The first-order valence-electron chi connectivity index (χ1n) is 8.12. The molecule has 5 heteroatoms. The molecule has 0 aliphatic heterocycles. The Morgan fingerprint density at radius 1 is 1.26 bits per heavy atom. The monoisotopic (exact) mass is 403 g/mol. The second-order valence-electron chi connectivity index (χ2n) is 5.58. The van der Waals surface area contributed by atoms with Crippen LogP contribution in [0.2, 0.25) is 0 Å². The fourth-order valence-electron chi connectivity index (χ4n) is 2.77. The Hall–Kier alpha value is -0.710. The minimum atomic E-state index is 0. The molecule has 0 unspecified atom stereocenters. The van der Waals surface area contributed by atoms with Crippen LogP contribution in [0.25, 0.3) is 0 Å². The van der Waals surface area contributed by atoms with Crippen LogP contribution >= 0.6 is 28.3 Å². The van der Waals surface area contributed by atoms with E-state index in [1.165, 1.54) is 31.2 Å². The number of allylic oxidation sites excluding steroid dienone is 1. The van der Waals surface area contributed by atoms with Crippen LogP contribution in [0.4, 0.5) is 0 Å². The summed E-state index contributed by atoms with van der Waals surface area (Å²) in [5, 5.41) is 3.52. The summed E-state index contributed by atoms with van der Waals surface area (Å²) in [6.45, 7) is 4.47.